The molecule has 3 nitrogen and oxygen atoms in total. The van der Waals surface area contributed by atoms with Crippen molar-refractivity contribution in [1.29, 1.82) is 5.41 Å². The van der Waals surface area contributed by atoms with Crippen molar-refractivity contribution in [2.75, 3.05) is 0 Å². The third kappa shape index (κ3) is 2.46. The van der Waals surface area contributed by atoms with Crippen LogP contribution in [0, 0.1) is 5.41 Å². The maximum absolute atomic E-state index is 9.50. The van der Waals surface area contributed by atoms with E-state index in [0.29, 0.717) is 11.4 Å². The number of hydrogen-bond donors (Lipinski definition) is 2. The van der Waals surface area contributed by atoms with Gasteiger partial charge >= 0.3 is 0 Å². The monoisotopic (exact) mass is 222 g/mol. The smallest absolute Gasteiger partial charge is 0.0758 e. The number of nitrogens with zero attached hydrogens (tertiary/aromatic N) is 1. The van der Waals surface area contributed by atoms with Gasteiger partial charge < -0.3 is 5.41 Å². The van der Waals surface area contributed by atoms with Crippen LogP contribution in [0.25, 0.3) is 0 Å². The highest BCUT2D eigenvalue weighted by molar-refractivity contribution is 6.03. The van der Waals surface area contributed by atoms with Crippen molar-refractivity contribution >= 4 is 18.1 Å². The highest BCUT2D eigenvalue weighted by Crippen LogP contribution is 2.18. The summed E-state index contributed by atoms with van der Waals surface area (Å²) in [6, 6.07) is 0. The third-order valence-corrected chi connectivity index (χ3v) is 2.02. The second-order valence-electron chi connectivity index (χ2n) is 3.01. The molecule has 78 valence electrons. The van der Waals surface area contributed by atoms with Gasteiger partial charge in [-0.15, -0.1) is 12.4 Å². The Bertz CT molecular complexity index is 398. The van der Waals surface area contributed by atoms with Crippen LogP contribution in [-0.2, 0) is 0 Å². The minimum absolute atomic E-state index is 0. The molecule has 4 heteroatoms. The van der Waals surface area contributed by atoms with Gasteiger partial charge in [0.2, 0.25) is 0 Å². The second kappa shape index (κ2) is 4.77. The van der Waals surface area contributed by atoms with Gasteiger partial charge in [0.15, 0.2) is 0 Å². The van der Waals surface area contributed by atoms with Gasteiger partial charge in [-0.3, -0.25) is 5.21 Å². The first-order valence-corrected chi connectivity index (χ1v) is 4.29. The minimum Gasteiger partial charge on any atom is -0.301 e. The Kier molecular flexibility index (Phi) is 3.66. The number of rotatable bonds is 0. The molecular formula is C11H11ClN2O. The van der Waals surface area contributed by atoms with E-state index in [2.05, 4.69) is 0 Å². The third-order valence-electron chi connectivity index (χ3n) is 2.02. The molecule has 0 amide bonds. The lowest BCUT2D eigenvalue weighted by Gasteiger charge is -2.18. The fourth-order valence-electron chi connectivity index (χ4n) is 1.30. The summed E-state index contributed by atoms with van der Waals surface area (Å²) in [6.07, 6.45) is 14.0. The second-order valence-corrected chi connectivity index (χ2v) is 3.01. The van der Waals surface area contributed by atoms with Gasteiger partial charge in [0.25, 0.3) is 0 Å². The van der Waals surface area contributed by atoms with Crippen LogP contribution in [0.2, 0.25) is 0 Å². The molecule has 0 saturated carbocycles. The molecule has 0 unspecified atom stereocenters. The molecule has 0 aromatic heterocycles. The minimum atomic E-state index is 0. The first-order valence-electron chi connectivity index (χ1n) is 4.29. The van der Waals surface area contributed by atoms with Crippen molar-refractivity contribution < 1.29 is 5.21 Å². The van der Waals surface area contributed by atoms with Crippen molar-refractivity contribution in [2.24, 2.45) is 0 Å². The molecular weight excluding hydrogens is 212 g/mol. The molecule has 0 aromatic carbocycles. The zero-order chi connectivity index (χ0) is 9.97. The summed E-state index contributed by atoms with van der Waals surface area (Å²) < 4.78 is 0. The first-order chi connectivity index (χ1) is 6.77. The van der Waals surface area contributed by atoms with Crippen molar-refractivity contribution in [2.45, 2.75) is 0 Å². The average Bonchev–Trinajstić information content (AvgIpc) is 2.20. The molecule has 2 aliphatic rings. The van der Waals surface area contributed by atoms with E-state index in [9.17, 15) is 5.21 Å². The standard InChI is InChI=1S/C11H10N2O.ClH/c12-10-6-4-9(5-7-10)11-3-1-2-8-13(11)14;/h1-8,12,14H;1H. The zero-order valence-electron chi connectivity index (χ0n) is 7.92. The Labute approximate surface area is 94.3 Å². The molecule has 1 aliphatic carbocycles. The maximum Gasteiger partial charge on any atom is 0.0758 e. The van der Waals surface area contributed by atoms with E-state index in [-0.39, 0.29) is 12.4 Å². The molecule has 0 saturated heterocycles. The highest BCUT2D eigenvalue weighted by atomic mass is 35.5. The number of hydrogen-bond acceptors (Lipinski definition) is 3. The number of hydroxylamine groups is 2. The molecule has 15 heavy (non-hydrogen) atoms. The van der Waals surface area contributed by atoms with E-state index in [0.717, 1.165) is 10.6 Å². The summed E-state index contributed by atoms with van der Waals surface area (Å²) in [5.41, 5.74) is 2.07. The van der Waals surface area contributed by atoms with Crippen molar-refractivity contribution in [3.8, 4) is 0 Å². The van der Waals surface area contributed by atoms with Gasteiger partial charge in [0, 0.05) is 11.8 Å². The Morgan fingerprint density at radius 3 is 2.27 bits per heavy atom. The van der Waals surface area contributed by atoms with Crippen LogP contribution in [0.5, 0.6) is 0 Å². The van der Waals surface area contributed by atoms with E-state index in [1.807, 2.05) is 24.3 Å². The largest absolute Gasteiger partial charge is 0.301 e. The van der Waals surface area contributed by atoms with Gasteiger partial charge in [-0.1, -0.05) is 18.2 Å². The van der Waals surface area contributed by atoms with Gasteiger partial charge in [-0.2, -0.15) is 0 Å². The van der Waals surface area contributed by atoms with Gasteiger partial charge in [-0.05, 0) is 24.3 Å². The average molecular weight is 223 g/mol. The normalized spacial score (nSPS) is 18.5. The van der Waals surface area contributed by atoms with Crippen LogP contribution in [0.4, 0.5) is 0 Å². The van der Waals surface area contributed by atoms with Gasteiger partial charge in [-0.25, -0.2) is 5.06 Å². The highest BCUT2D eigenvalue weighted by Gasteiger charge is 2.08. The number of allylic oxidation sites excluding steroid dienone is 8. The first kappa shape index (κ1) is 11.5. The fraction of sp³-hybridized carbons (Fsp3) is 0. The molecule has 0 atom stereocenters. The Morgan fingerprint density at radius 1 is 1.00 bits per heavy atom. The van der Waals surface area contributed by atoms with Crippen LogP contribution in [0.3, 0.4) is 0 Å². The maximum atomic E-state index is 9.50. The van der Waals surface area contributed by atoms with E-state index in [1.54, 1.807) is 24.4 Å². The van der Waals surface area contributed by atoms with E-state index in [1.165, 1.54) is 0 Å². The Balaban J connectivity index is 0.00000112. The van der Waals surface area contributed by atoms with E-state index in [4.69, 9.17) is 5.41 Å². The molecule has 2 rings (SSSR count). The van der Waals surface area contributed by atoms with E-state index < -0.39 is 0 Å². The molecule has 0 spiro atoms. The molecule has 0 bridgehead atoms. The predicted octanol–water partition coefficient (Wildman–Crippen LogP) is 2.58. The van der Waals surface area contributed by atoms with E-state index >= 15 is 0 Å². The zero-order valence-corrected chi connectivity index (χ0v) is 8.74. The summed E-state index contributed by atoms with van der Waals surface area (Å²) in [4.78, 5) is 0. The Hall–Kier alpha value is -1.58. The van der Waals surface area contributed by atoms with Crippen LogP contribution in [0.15, 0.2) is 60.0 Å². The number of nitrogens with one attached hydrogen (secondary N) is 1. The summed E-state index contributed by atoms with van der Waals surface area (Å²) in [5, 5.41) is 17.9. The summed E-state index contributed by atoms with van der Waals surface area (Å²) in [7, 11) is 0. The molecule has 2 N–H and O–H groups in total. The van der Waals surface area contributed by atoms with Gasteiger partial charge in [0.05, 0.1) is 11.4 Å². The summed E-state index contributed by atoms with van der Waals surface area (Å²) >= 11 is 0. The lowest BCUT2D eigenvalue weighted by Crippen LogP contribution is -2.13. The lowest BCUT2D eigenvalue weighted by atomic mass is 10.1. The lowest BCUT2D eigenvalue weighted by molar-refractivity contribution is -0.000827. The Morgan fingerprint density at radius 2 is 1.67 bits per heavy atom. The van der Waals surface area contributed by atoms with Crippen LogP contribution >= 0.6 is 12.4 Å². The summed E-state index contributed by atoms with van der Waals surface area (Å²) in [5.74, 6) is 0. The molecule has 0 fully saturated rings. The quantitative estimate of drug-likeness (QED) is 0.662. The van der Waals surface area contributed by atoms with Gasteiger partial charge in [0.1, 0.15) is 0 Å². The van der Waals surface area contributed by atoms with Crippen LogP contribution in [0.1, 0.15) is 0 Å². The molecule has 0 radical (unpaired) electrons. The van der Waals surface area contributed by atoms with Crippen LogP contribution < -0.4 is 0 Å². The number of halogens is 1. The predicted molar refractivity (Wildman–Crippen MR) is 62.2 cm³/mol. The summed E-state index contributed by atoms with van der Waals surface area (Å²) in [6.45, 7) is 0. The van der Waals surface area contributed by atoms with Crippen LogP contribution in [-0.4, -0.2) is 16.0 Å². The molecule has 1 heterocycles. The van der Waals surface area contributed by atoms with Crippen molar-refractivity contribution in [3.63, 3.8) is 0 Å². The topological polar surface area (TPSA) is 47.3 Å². The van der Waals surface area contributed by atoms with Crippen molar-refractivity contribution in [1.82, 2.24) is 5.06 Å². The molecule has 1 aliphatic heterocycles. The fourth-order valence-corrected chi connectivity index (χ4v) is 1.30. The van der Waals surface area contributed by atoms with Crippen molar-refractivity contribution in [3.05, 3.63) is 60.0 Å². The SMILES string of the molecule is Cl.N=C1C=CC(=C2C=CC=CN2O)C=C1. The molecule has 0 aromatic rings.